The maximum atomic E-state index is 4.43. The van der Waals surface area contributed by atoms with E-state index >= 15 is 0 Å². The van der Waals surface area contributed by atoms with Crippen LogP contribution in [0.4, 0.5) is 0 Å². The van der Waals surface area contributed by atoms with Crippen LogP contribution in [0, 0.1) is 5.92 Å². The van der Waals surface area contributed by atoms with Crippen LogP contribution in [0.2, 0.25) is 0 Å². The van der Waals surface area contributed by atoms with E-state index in [1.54, 1.807) is 0 Å². The lowest BCUT2D eigenvalue weighted by molar-refractivity contribution is 0.354. The number of para-hydroxylation sites is 1. The molecule has 2 aromatic rings. The van der Waals surface area contributed by atoms with Crippen LogP contribution in [0.5, 0.6) is 0 Å². The minimum Gasteiger partial charge on any atom is -0.412 e. The van der Waals surface area contributed by atoms with Crippen LogP contribution in [0.3, 0.4) is 0 Å². The molecule has 0 spiro atoms. The largest absolute Gasteiger partial charge is 0.412 e. The topological polar surface area (TPSA) is 56.4 Å². The summed E-state index contributed by atoms with van der Waals surface area (Å²) < 4.78 is 0. The molecule has 0 radical (unpaired) electrons. The lowest BCUT2D eigenvalue weighted by Crippen LogP contribution is -2.27. The number of aromatic nitrogens is 1. The lowest BCUT2D eigenvalue weighted by Gasteiger charge is -2.22. The van der Waals surface area contributed by atoms with Crippen molar-refractivity contribution in [2.24, 2.45) is 5.92 Å². The molecule has 1 aromatic heterocycles. The highest BCUT2D eigenvalue weighted by Crippen LogP contribution is 2.22. The number of benzene rings is 1. The van der Waals surface area contributed by atoms with E-state index in [0.29, 0.717) is 0 Å². The Kier molecular flexibility index (Phi) is 9.54. The van der Waals surface area contributed by atoms with Crippen LogP contribution in [-0.4, -0.2) is 23.5 Å². The number of pyridine rings is 1. The van der Waals surface area contributed by atoms with Gasteiger partial charge in [0.15, 0.2) is 0 Å². The van der Waals surface area contributed by atoms with E-state index in [2.05, 4.69) is 40.6 Å². The van der Waals surface area contributed by atoms with Crippen LogP contribution >= 0.6 is 24.8 Å². The molecule has 1 saturated heterocycles. The molecule has 1 fully saturated rings. The van der Waals surface area contributed by atoms with E-state index in [1.807, 2.05) is 6.20 Å². The van der Waals surface area contributed by atoms with Crippen molar-refractivity contribution in [3.8, 4) is 0 Å². The van der Waals surface area contributed by atoms with E-state index in [1.165, 1.54) is 49.7 Å². The molecule has 3 N–H and O–H groups in total. The van der Waals surface area contributed by atoms with Gasteiger partial charge in [0, 0.05) is 11.6 Å². The highest BCUT2D eigenvalue weighted by Gasteiger charge is 2.13. The van der Waals surface area contributed by atoms with Gasteiger partial charge in [0.25, 0.3) is 0 Å². The molecular weight excluding hydrogens is 307 g/mol. The number of rotatable bonds is 3. The summed E-state index contributed by atoms with van der Waals surface area (Å²) >= 11 is 0. The van der Waals surface area contributed by atoms with Gasteiger partial charge < -0.3 is 10.8 Å². The first kappa shape index (κ1) is 20.1. The van der Waals surface area contributed by atoms with Gasteiger partial charge >= 0.3 is 0 Å². The standard InChI is InChI=1S/C16H20N2.2ClH.H2O/c1-2-4-16-15(3-1)14(9-12-18-16)6-5-13-7-10-17-11-8-13;;;/h1-4,9,12-13,17H,5-8,10-11H2;2*1H;1H2. The van der Waals surface area contributed by atoms with Gasteiger partial charge in [-0.15, -0.1) is 24.8 Å². The van der Waals surface area contributed by atoms with Crippen LogP contribution in [0.1, 0.15) is 24.8 Å². The summed E-state index contributed by atoms with van der Waals surface area (Å²) in [5, 5.41) is 4.76. The molecule has 0 aliphatic carbocycles. The average Bonchev–Trinajstić information content (AvgIpc) is 2.46. The van der Waals surface area contributed by atoms with Gasteiger partial charge in [-0.3, -0.25) is 4.98 Å². The molecule has 1 aliphatic rings. The first-order chi connectivity index (χ1) is 8.93. The first-order valence-corrected chi connectivity index (χ1v) is 6.97. The number of halogens is 2. The Hall–Kier alpha value is -0.870. The third kappa shape index (κ3) is 5.11. The Labute approximate surface area is 138 Å². The van der Waals surface area contributed by atoms with E-state index in [4.69, 9.17) is 0 Å². The van der Waals surface area contributed by atoms with Crippen molar-refractivity contribution >= 4 is 35.7 Å². The van der Waals surface area contributed by atoms with E-state index < -0.39 is 0 Å². The summed E-state index contributed by atoms with van der Waals surface area (Å²) in [6.45, 7) is 2.39. The van der Waals surface area contributed by atoms with Crippen molar-refractivity contribution < 1.29 is 5.48 Å². The molecule has 118 valence electrons. The molecule has 0 unspecified atom stereocenters. The molecule has 0 saturated carbocycles. The fraction of sp³-hybridized carbons (Fsp3) is 0.438. The second-order valence-corrected chi connectivity index (χ2v) is 5.22. The van der Waals surface area contributed by atoms with Gasteiger partial charge in [-0.1, -0.05) is 18.2 Å². The van der Waals surface area contributed by atoms with Gasteiger partial charge in [-0.05, 0) is 62.4 Å². The minimum absolute atomic E-state index is 0. The Balaban J connectivity index is 0.00000133. The molecule has 0 amide bonds. The van der Waals surface area contributed by atoms with Crippen LogP contribution < -0.4 is 5.32 Å². The number of hydrogen-bond acceptors (Lipinski definition) is 2. The predicted molar refractivity (Wildman–Crippen MR) is 93.8 cm³/mol. The summed E-state index contributed by atoms with van der Waals surface area (Å²) in [4.78, 5) is 4.43. The van der Waals surface area contributed by atoms with Crippen molar-refractivity contribution in [3.05, 3.63) is 42.1 Å². The monoisotopic (exact) mass is 330 g/mol. The molecule has 3 rings (SSSR count). The molecule has 1 aromatic carbocycles. The van der Waals surface area contributed by atoms with Gasteiger partial charge in [0.2, 0.25) is 0 Å². The summed E-state index contributed by atoms with van der Waals surface area (Å²) in [6.07, 6.45) is 7.12. The molecule has 2 heterocycles. The van der Waals surface area contributed by atoms with Crippen molar-refractivity contribution in [2.75, 3.05) is 13.1 Å². The highest BCUT2D eigenvalue weighted by molar-refractivity contribution is 5.85. The van der Waals surface area contributed by atoms with Crippen molar-refractivity contribution in [1.82, 2.24) is 10.3 Å². The van der Waals surface area contributed by atoms with Gasteiger partial charge in [0.1, 0.15) is 0 Å². The number of fused-ring (bicyclic) bond motifs is 1. The van der Waals surface area contributed by atoms with Crippen LogP contribution in [0.15, 0.2) is 36.5 Å². The minimum atomic E-state index is 0. The lowest BCUT2D eigenvalue weighted by atomic mass is 9.91. The number of aryl methyl sites for hydroxylation is 1. The zero-order chi connectivity index (χ0) is 12.2. The Morgan fingerprint density at radius 3 is 2.52 bits per heavy atom. The predicted octanol–water partition coefficient (Wildman–Crippen LogP) is 3.19. The van der Waals surface area contributed by atoms with Crippen molar-refractivity contribution in [1.29, 1.82) is 0 Å². The normalized spacial score (nSPS) is 14.7. The van der Waals surface area contributed by atoms with Crippen molar-refractivity contribution in [3.63, 3.8) is 0 Å². The zero-order valence-corrected chi connectivity index (χ0v) is 13.7. The molecule has 1 aliphatic heterocycles. The van der Waals surface area contributed by atoms with Gasteiger partial charge in [-0.2, -0.15) is 0 Å². The maximum Gasteiger partial charge on any atom is 0.0704 e. The van der Waals surface area contributed by atoms with Gasteiger partial charge in [0.05, 0.1) is 5.52 Å². The van der Waals surface area contributed by atoms with E-state index in [0.717, 1.165) is 11.4 Å². The Morgan fingerprint density at radius 1 is 1.05 bits per heavy atom. The molecule has 5 heteroatoms. The van der Waals surface area contributed by atoms with Crippen molar-refractivity contribution in [2.45, 2.75) is 25.7 Å². The second kappa shape index (κ2) is 9.96. The van der Waals surface area contributed by atoms with E-state index in [9.17, 15) is 0 Å². The summed E-state index contributed by atoms with van der Waals surface area (Å²) in [5.74, 6) is 0.901. The number of hydrogen-bond donors (Lipinski definition) is 1. The number of nitrogens with zero attached hydrogens (tertiary/aromatic N) is 1. The summed E-state index contributed by atoms with van der Waals surface area (Å²) in [7, 11) is 0. The van der Waals surface area contributed by atoms with Crippen LogP contribution in [0.25, 0.3) is 10.9 Å². The smallest absolute Gasteiger partial charge is 0.0704 e. The molecule has 0 atom stereocenters. The Bertz CT molecular complexity index is 525. The Morgan fingerprint density at radius 2 is 1.76 bits per heavy atom. The maximum absolute atomic E-state index is 4.43. The highest BCUT2D eigenvalue weighted by atomic mass is 35.5. The molecule has 3 nitrogen and oxygen atoms in total. The first-order valence-electron chi connectivity index (χ1n) is 6.97. The van der Waals surface area contributed by atoms with Crippen LogP contribution in [-0.2, 0) is 6.42 Å². The van der Waals surface area contributed by atoms with Gasteiger partial charge in [-0.25, -0.2) is 0 Å². The zero-order valence-electron chi connectivity index (χ0n) is 12.0. The third-order valence-corrected chi connectivity index (χ3v) is 4.02. The summed E-state index contributed by atoms with van der Waals surface area (Å²) in [5.41, 5.74) is 2.58. The molecular formula is C16H24Cl2N2O. The number of nitrogens with one attached hydrogen (secondary N) is 1. The van der Waals surface area contributed by atoms with E-state index in [-0.39, 0.29) is 30.3 Å². The second-order valence-electron chi connectivity index (χ2n) is 5.22. The molecule has 0 bridgehead atoms. The SMILES string of the molecule is Cl.Cl.O.c1ccc2c(CCC3CCNCC3)ccnc2c1. The summed E-state index contributed by atoms with van der Waals surface area (Å²) in [6, 6.07) is 10.6. The third-order valence-electron chi connectivity index (χ3n) is 4.02. The fourth-order valence-electron chi connectivity index (χ4n) is 2.90. The average molecular weight is 331 g/mol. The fourth-order valence-corrected chi connectivity index (χ4v) is 2.90. The molecule has 21 heavy (non-hydrogen) atoms. The number of piperidine rings is 1. The quantitative estimate of drug-likeness (QED) is 0.939.